The van der Waals surface area contributed by atoms with Crippen LogP contribution < -0.4 is 5.32 Å². The van der Waals surface area contributed by atoms with Gasteiger partial charge in [0.25, 0.3) is 0 Å². The number of unbranched alkanes of at least 4 members (excludes halogenated alkanes) is 42. The molecule has 0 aliphatic heterocycles. The van der Waals surface area contributed by atoms with E-state index in [1.807, 2.05) is 6.08 Å². The van der Waals surface area contributed by atoms with Crippen LogP contribution in [0.1, 0.15) is 309 Å². The molecule has 0 saturated heterocycles. The number of hydrogen-bond acceptors (Lipinski definition) is 4. The van der Waals surface area contributed by atoms with Crippen LogP contribution in [-0.4, -0.2) is 46.1 Å². The molecule has 0 aromatic carbocycles. The summed E-state index contributed by atoms with van der Waals surface area (Å²) in [5.74, 6) is -0.308. The van der Waals surface area contributed by atoms with E-state index >= 15 is 0 Å². The van der Waals surface area contributed by atoms with E-state index in [0.29, 0.717) is 6.42 Å². The molecular weight excluding hydrogens is 739 g/mol. The average molecular weight is 848 g/mol. The Kier molecular flexibility index (Phi) is 50.0. The largest absolute Gasteiger partial charge is 0.394 e. The minimum atomic E-state index is -0.926. The van der Waals surface area contributed by atoms with Crippen LogP contribution in [0.3, 0.4) is 0 Å². The molecule has 0 aromatic heterocycles. The van der Waals surface area contributed by atoms with Crippen molar-refractivity contribution in [1.82, 2.24) is 5.32 Å². The first-order chi connectivity index (χ1) is 29.5. The summed E-state index contributed by atoms with van der Waals surface area (Å²) in [5, 5.41) is 33.4. The van der Waals surface area contributed by atoms with E-state index < -0.39 is 18.2 Å². The molecule has 3 unspecified atom stereocenters. The molecular formula is C55H109NO4. The number of carbonyl (C=O) groups excluding carboxylic acids is 1. The number of nitrogens with one attached hydrogen (secondary N) is 1. The lowest BCUT2D eigenvalue weighted by Crippen LogP contribution is -2.45. The lowest BCUT2D eigenvalue weighted by atomic mass is 10.0. The number of rotatable bonds is 51. The van der Waals surface area contributed by atoms with Gasteiger partial charge < -0.3 is 20.6 Å². The topological polar surface area (TPSA) is 89.8 Å². The van der Waals surface area contributed by atoms with Crippen molar-refractivity contribution >= 4 is 5.91 Å². The minimum Gasteiger partial charge on any atom is -0.394 e. The maximum absolute atomic E-state index is 12.5. The van der Waals surface area contributed by atoms with Crippen LogP contribution in [0.25, 0.3) is 0 Å². The zero-order valence-electron chi connectivity index (χ0n) is 40.9. The fraction of sp³-hybridized carbons (Fsp3) is 0.945. The molecule has 0 saturated carbocycles. The second-order valence-corrected chi connectivity index (χ2v) is 19.2. The van der Waals surface area contributed by atoms with Crippen LogP contribution in [0.2, 0.25) is 0 Å². The van der Waals surface area contributed by atoms with Crippen molar-refractivity contribution in [3.05, 3.63) is 12.2 Å². The average Bonchev–Trinajstić information content (AvgIpc) is 3.24. The SMILES string of the molecule is CCCCCCCCCCCCCCCCCCCCCCCCC/C=C/C(O)C(CO)NC(=O)CC(O)CCCCCCCCCCCCCCCCCCCCCC. The fourth-order valence-corrected chi connectivity index (χ4v) is 8.87. The molecule has 5 heteroatoms. The van der Waals surface area contributed by atoms with E-state index in [-0.39, 0.29) is 18.9 Å². The lowest BCUT2D eigenvalue weighted by Gasteiger charge is -2.21. The van der Waals surface area contributed by atoms with Crippen molar-refractivity contribution in [1.29, 1.82) is 0 Å². The first kappa shape index (κ1) is 59.1. The Balaban J connectivity index is 3.55. The van der Waals surface area contributed by atoms with Crippen LogP contribution in [0, 0.1) is 0 Å². The van der Waals surface area contributed by atoms with Crippen molar-refractivity contribution in [2.24, 2.45) is 0 Å². The summed E-state index contributed by atoms with van der Waals surface area (Å²) in [7, 11) is 0. The smallest absolute Gasteiger partial charge is 0.222 e. The normalized spacial score (nSPS) is 13.3. The first-order valence-corrected chi connectivity index (χ1v) is 27.5. The third-order valence-corrected chi connectivity index (χ3v) is 13.1. The van der Waals surface area contributed by atoms with E-state index in [1.54, 1.807) is 6.08 Å². The van der Waals surface area contributed by atoms with Crippen LogP contribution in [0.5, 0.6) is 0 Å². The van der Waals surface area contributed by atoms with Gasteiger partial charge in [-0.3, -0.25) is 4.79 Å². The number of amides is 1. The summed E-state index contributed by atoms with van der Waals surface area (Å²) in [5.41, 5.74) is 0. The Labute approximate surface area is 376 Å². The van der Waals surface area contributed by atoms with Crippen molar-refractivity contribution in [3.8, 4) is 0 Å². The molecule has 0 bridgehead atoms. The van der Waals surface area contributed by atoms with E-state index in [4.69, 9.17) is 0 Å². The zero-order valence-corrected chi connectivity index (χ0v) is 40.9. The van der Waals surface area contributed by atoms with Gasteiger partial charge in [0.15, 0.2) is 0 Å². The Bertz CT molecular complexity index is 848. The first-order valence-electron chi connectivity index (χ1n) is 27.5. The summed E-state index contributed by atoms with van der Waals surface area (Å²) < 4.78 is 0. The van der Waals surface area contributed by atoms with Crippen LogP contribution in [0.4, 0.5) is 0 Å². The summed E-state index contributed by atoms with van der Waals surface area (Å²) in [6.07, 6.45) is 62.5. The van der Waals surface area contributed by atoms with E-state index in [1.165, 1.54) is 257 Å². The highest BCUT2D eigenvalue weighted by atomic mass is 16.3. The van der Waals surface area contributed by atoms with Crippen LogP contribution >= 0.6 is 0 Å². The van der Waals surface area contributed by atoms with Crippen molar-refractivity contribution in [2.75, 3.05) is 6.61 Å². The number of aliphatic hydroxyl groups excluding tert-OH is 3. The predicted octanol–water partition coefficient (Wildman–Crippen LogP) is 16.7. The summed E-state index contributed by atoms with van der Waals surface area (Å²) >= 11 is 0. The molecule has 0 fully saturated rings. The molecule has 0 heterocycles. The van der Waals surface area contributed by atoms with Crippen molar-refractivity contribution in [3.63, 3.8) is 0 Å². The van der Waals surface area contributed by atoms with Gasteiger partial charge in [0.2, 0.25) is 5.91 Å². The molecule has 358 valence electrons. The van der Waals surface area contributed by atoms with Gasteiger partial charge in [-0.05, 0) is 19.3 Å². The van der Waals surface area contributed by atoms with Gasteiger partial charge in [-0.25, -0.2) is 0 Å². The third-order valence-electron chi connectivity index (χ3n) is 13.1. The highest BCUT2D eigenvalue weighted by molar-refractivity contribution is 5.76. The monoisotopic (exact) mass is 848 g/mol. The molecule has 0 aliphatic carbocycles. The fourth-order valence-electron chi connectivity index (χ4n) is 8.87. The second kappa shape index (κ2) is 50.7. The zero-order chi connectivity index (χ0) is 43.7. The minimum absolute atomic E-state index is 0.0194. The van der Waals surface area contributed by atoms with Crippen molar-refractivity contribution in [2.45, 2.75) is 327 Å². The highest BCUT2D eigenvalue weighted by Gasteiger charge is 2.20. The third kappa shape index (κ3) is 46.6. The molecule has 0 aromatic rings. The molecule has 1 amide bonds. The van der Waals surface area contributed by atoms with Gasteiger partial charge in [-0.15, -0.1) is 0 Å². The molecule has 3 atom stereocenters. The molecule has 0 radical (unpaired) electrons. The van der Waals surface area contributed by atoms with E-state index in [0.717, 1.165) is 25.7 Å². The molecule has 0 rings (SSSR count). The van der Waals surface area contributed by atoms with Gasteiger partial charge in [-0.2, -0.15) is 0 Å². The Morgan fingerprint density at radius 1 is 0.417 bits per heavy atom. The maximum atomic E-state index is 12.5. The number of allylic oxidation sites excluding steroid dienone is 1. The van der Waals surface area contributed by atoms with Crippen molar-refractivity contribution < 1.29 is 20.1 Å². The molecule has 5 nitrogen and oxygen atoms in total. The quantitative estimate of drug-likeness (QED) is 0.0363. The summed E-state index contributed by atoms with van der Waals surface area (Å²) in [4.78, 5) is 12.5. The molecule has 60 heavy (non-hydrogen) atoms. The van der Waals surface area contributed by atoms with E-state index in [9.17, 15) is 20.1 Å². The number of hydrogen-bond donors (Lipinski definition) is 4. The maximum Gasteiger partial charge on any atom is 0.222 e. The Morgan fingerprint density at radius 2 is 0.683 bits per heavy atom. The van der Waals surface area contributed by atoms with Crippen LogP contribution in [0.15, 0.2) is 12.2 Å². The van der Waals surface area contributed by atoms with Gasteiger partial charge in [0.05, 0.1) is 31.3 Å². The predicted molar refractivity (Wildman–Crippen MR) is 264 cm³/mol. The second-order valence-electron chi connectivity index (χ2n) is 19.2. The molecule has 0 spiro atoms. The Morgan fingerprint density at radius 3 is 0.967 bits per heavy atom. The summed E-state index contributed by atoms with van der Waals surface area (Å²) in [6.45, 7) is 4.26. The lowest BCUT2D eigenvalue weighted by molar-refractivity contribution is -0.124. The molecule has 0 aliphatic rings. The molecule has 4 N–H and O–H groups in total. The van der Waals surface area contributed by atoms with Gasteiger partial charge in [0.1, 0.15) is 0 Å². The van der Waals surface area contributed by atoms with Gasteiger partial charge in [0, 0.05) is 0 Å². The van der Waals surface area contributed by atoms with E-state index in [2.05, 4.69) is 19.2 Å². The standard InChI is InChI=1S/C55H109NO4/c1-3-5-7-9-11-13-15-17-19-21-23-25-26-27-28-29-31-33-35-37-39-41-43-45-47-49-54(59)53(51-57)56-55(60)50-52(58)48-46-44-42-40-38-36-34-32-30-24-22-20-18-16-14-12-10-8-6-4-2/h47,49,52-54,57-59H,3-46,48,50-51H2,1-2H3,(H,56,60)/b49-47+. The Hall–Kier alpha value is -0.910. The van der Waals surface area contributed by atoms with Crippen LogP contribution in [-0.2, 0) is 4.79 Å². The number of carbonyl (C=O) groups is 1. The van der Waals surface area contributed by atoms with Gasteiger partial charge >= 0.3 is 0 Å². The van der Waals surface area contributed by atoms with Gasteiger partial charge in [-0.1, -0.05) is 296 Å². The number of aliphatic hydroxyl groups is 3. The summed E-state index contributed by atoms with van der Waals surface area (Å²) in [6, 6.07) is -0.741. The highest BCUT2D eigenvalue weighted by Crippen LogP contribution is 2.18.